The first-order valence-electron chi connectivity index (χ1n) is 4.55. The molecular formula is C9H18OS. The maximum absolute atomic E-state index is 8.80. The molecule has 1 fully saturated rings. The van der Waals surface area contributed by atoms with Crippen molar-refractivity contribution in [1.82, 2.24) is 0 Å². The van der Waals surface area contributed by atoms with Gasteiger partial charge >= 0.3 is 0 Å². The van der Waals surface area contributed by atoms with Gasteiger partial charge in [-0.1, -0.05) is 19.8 Å². The van der Waals surface area contributed by atoms with Crippen LogP contribution in [0.3, 0.4) is 0 Å². The van der Waals surface area contributed by atoms with Gasteiger partial charge in [-0.05, 0) is 24.5 Å². The molecule has 0 aromatic carbocycles. The first kappa shape index (κ1) is 9.40. The van der Waals surface area contributed by atoms with Crippen LogP contribution in [0.25, 0.3) is 0 Å². The van der Waals surface area contributed by atoms with Gasteiger partial charge in [-0.3, -0.25) is 0 Å². The van der Waals surface area contributed by atoms with Gasteiger partial charge < -0.3 is 5.11 Å². The van der Waals surface area contributed by atoms with Crippen molar-refractivity contribution in [3.8, 4) is 0 Å². The molecule has 0 radical (unpaired) electrons. The van der Waals surface area contributed by atoms with Gasteiger partial charge in [0, 0.05) is 11.9 Å². The summed E-state index contributed by atoms with van der Waals surface area (Å²) in [7, 11) is 0. The van der Waals surface area contributed by atoms with Crippen molar-refractivity contribution in [2.75, 3.05) is 12.4 Å². The molecule has 1 nitrogen and oxygen atoms in total. The lowest BCUT2D eigenvalue weighted by Crippen LogP contribution is -2.06. The van der Waals surface area contributed by atoms with Gasteiger partial charge in [0.2, 0.25) is 0 Å². The van der Waals surface area contributed by atoms with Gasteiger partial charge in [0.25, 0.3) is 0 Å². The van der Waals surface area contributed by atoms with Crippen molar-refractivity contribution >= 4 is 11.8 Å². The Balaban J connectivity index is 2.01. The largest absolute Gasteiger partial charge is 0.396 e. The van der Waals surface area contributed by atoms with Crippen molar-refractivity contribution in [1.29, 1.82) is 0 Å². The summed E-state index contributed by atoms with van der Waals surface area (Å²) in [5.41, 5.74) is 0. The summed E-state index contributed by atoms with van der Waals surface area (Å²) in [6.45, 7) is 2.46. The standard InChI is InChI=1S/C9H18OS/c1-8(6-10)7-11-9-4-2-3-5-9/h8-10H,2-7H2,1H3. The van der Waals surface area contributed by atoms with Crippen LogP contribution in [0.5, 0.6) is 0 Å². The Hall–Kier alpha value is 0.310. The van der Waals surface area contributed by atoms with Crippen molar-refractivity contribution in [2.45, 2.75) is 37.9 Å². The minimum Gasteiger partial charge on any atom is -0.396 e. The zero-order valence-electron chi connectivity index (χ0n) is 7.25. The second-order valence-electron chi connectivity index (χ2n) is 3.53. The number of aliphatic hydroxyl groups is 1. The number of hydrogen-bond acceptors (Lipinski definition) is 2. The van der Waals surface area contributed by atoms with Crippen LogP contribution in [-0.4, -0.2) is 22.7 Å². The molecule has 0 aliphatic heterocycles. The summed E-state index contributed by atoms with van der Waals surface area (Å²) in [6.07, 6.45) is 5.65. The summed E-state index contributed by atoms with van der Waals surface area (Å²) >= 11 is 2.06. The van der Waals surface area contributed by atoms with Crippen LogP contribution in [0.15, 0.2) is 0 Å². The van der Waals surface area contributed by atoms with E-state index in [1.54, 1.807) is 0 Å². The van der Waals surface area contributed by atoms with E-state index in [0.29, 0.717) is 12.5 Å². The molecule has 0 bridgehead atoms. The number of hydrogen-bond donors (Lipinski definition) is 1. The van der Waals surface area contributed by atoms with Gasteiger partial charge in [0.05, 0.1) is 0 Å². The Bertz CT molecular complexity index is 99.7. The molecule has 0 aromatic heterocycles. The Labute approximate surface area is 73.6 Å². The minimum absolute atomic E-state index is 0.347. The molecule has 0 spiro atoms. The molecule has 0 saturated heterocycles. The molecule has 1 saturated carbocycles. The molecule has 0 heterocycles. The highest BCUT2D eigenvalue weighted by Gasteiger charge is 2.15. The Morgan fingerprint density at radius 3 is 2.64 bits per heavy atom. The average Bonchev–Trinajstić information content (AvgIpc) is 2.52. The maximum Gasteiger partial charge on any atom is 0.0464 e. The van der Waals surface area contributed by atoms with E-state index in [0.717, 1.165) is 11.0 Å². The molecule has 2 heteroatoms. The fourth-order valence-electron chi connectivity index (χ4n) is 1.41. The maximum atomic E-state index is 8.80. The fourth-order valence-corrected chi connectivity index (χ4v) is 2.78. The molecule has 66 valence electrons. The minimum atomic E-state index is 0.347. The van der Waals surface area contributed by atoms with Crippen molar-refractivity contribution in [3.63, 3.8) is 0 Å². The van der Waals surface area contributed by atoms with Gasteiger partial charge in [-0.15, -0.1) is 0 Å². The zero-order chi connectivity index (χ0) is 8.10. The zero-order valence-corrected chi connectivity index (χ0v) is 8.07. The highest BCUT2D eigenvalue weighted by Crippen LogP contribution is 2.30. The predicted octanol–water partition coefficient (Wildman–Crippen LogP) is 2.29. The summed E-state index contributed by atoms with van der Waals surface area (Å²) in [6, 6.07) is 0. The summed E-state index contributed by atoms with van der Waals surface area (Å²) in [4.78, 5) is 0. The van der Waals surface area contributed by atoms with E-state index in [4.69, 9.17) is 5.11 Å². The summed E-state index contributed by atoms with van der Waals surface area (Å²) in [5.74, 6) is 1.63. The summed E-state index contributed by atoms with van der Waals surface area (Å²) < 4.78 is 0. The van der Waals surface area contributed by atoms with Crippen LogP contribution >= 0.6 is 11.8 Å². The number of thioether (sulfide) groups is 1. The van der Waals surface area contributed by atoms with Crippen molar-refractivity contribution in [2.24, 2.45) is 5.92 Å². The van der Waals surface area contributed by atoms with Crippen LogP contribution in [0.4, 0.5) is 0 Å². The molecule has 11 heavy (non-hydrogen) atoms. The van der Waals surface area contributed by atoms with Crippen LogP contribution in [0.1, 0.15) is 32.6 Å². The smallest absolute Gasteiger partial charge is 0.0464 e. The normalized spacial score (nSPS) is 22.4. The van der Waals surface area contributed by atoms with Crippen LogP contribution in [0.2, 0.25) is 0 Å². The molecule has 0 amide bonds. The van der Waals surface area contributed by atoms with Gasteiger partial charge in [0.15, 0.2) is 0 Å². The number of rotatable bonds is 4. The Kier molecular flexibility index (Phi) is 4.31. The SMILES string of the molecule is CC(CO)CSC1CCCC1. The summed E-state index contributed by atoms with van der Waals surface area (Å²) in [5, 5.41) is 9.70. The molecule has 1 unspecified atom stereocenters. The van der Waals surface area contributed by atoms with E-state index in [1.165, 1.54) is 25.7 Å². The van der Waals surface area contributed by atoms with E-state index in [-0.39, 0.29) is 0 Å². The highest BCUT2D eigenvalue weighted by molar-refractivity contribution is 7.99. The lowest BCUT2D eigenvalue weighted by atomic mass is 10.2. The van der Waals surface area contributed by atoms with Gasteiger partial charge in [0.1, 0.15) is 0 Å². The quantitative estimate of drug-likeness (QED) is 0.705. The predicted molar refractivity (Wildman–Crippen MR) is 51.0 cm³/mol. The van der Waals surface area contributed by atoms with Gasteiger partial charge in [-0.25, -0.2) is 0 Å². The van der Waals surface area contributed by atoms with Crippen LogP contribution in [-0.2, 0) is 0 Å². The van der Waals surface area contributed by atoms with E-state index in [1.807, 2.05) is 0 Å². The third kappa shape index (κ3) is 3.48. The van der Waals surface area contributed by atoms with E-state index < -0.39 is 0 Å². The lowest BCUT2D eigenvalue weighted by Gasteiger charge is -2.11. The third-order valence-corrected chi connectivity index (χ3v) is 3.93. The molecule has 1 aliphatic carbocycles. The highest BCUT2D eigenvalue weighted by atomic mass is 32.2. The second kappa shape index (κ2) is 5.04. The molecular weight excluding hydrogens is 156 g/mol. The third-order valence-electron chi connectivity index (χ3n) is 2.23. The lowest BCUT2D eigenvalue weighted by molar-refractivity contribution is 0.250. The number of aliphatic hydroxyl groups excluding tert-OH is 1. The van der Waals surface area contributed by atoms with Crippen LogP contribution < -0.4 is 0 Å². The molecule has 1 N–H and O–H groups in total. The first-order chi connectivity index (χ1) is 5.33. The Morgan fingerprint density at radius 2 is 2.09 bits per heavy atom. The first-order valence-corrected chi connectivity index (χ1v) is 5.60. The topological polar surface area (TPSA) is 20.2 Å². The monoisotopic (exact) mass is 174 g/mol. The van der Waals surface area contributed by atoms with E-state index in [2.05, 4.69) is 18.7 Å². The molecule has 0 aromatic rings. The average molecular weight is 174 g/mol. The Morgan fingerprint density at radius 1 is 1.45 bits per heavy atom. The second-order valence-corrected chi connectivity index (χ2v) is 4.86. The molecule has 1 rings (SSSR count). The van der Waals surface area contributed by atoms with Crippen molar-refractivity contribution in [3.05, 3.63) is 0 Å². The molecule has 1 atom stereocenters. The fraction of sp³-hybridized carbons (Fsp3) is 1.00. The van der Waals surface area contributed by atoms with Crippen molar-refractivity contribution < 1.29 is 5.11 Å². The van der Waals surface area contributed by atoms with Gasteiger partial charge in [-0.2, -0.15) is 11.8 Å². The van der Waals surface area contributed by atoms with E-state index >= 15 is 0 Å². The van der Waals surface area contributed by atoms with E-state index in [9.17, 15) is 0 Å². The van der Waals surface area contributed by atoms with Crippen LogP contribution in [0, 0.1) is 5.92 Å². The molecule has 1 aliphatic rings.